The van der Waals surface area contributed by atoms with Gasteiger partial charge >= 0.3 is 8.60 Å². The Morgan fingerprint density at radius 3 is 0.765 bits per heavy atom. The summed E-state index contributed by atoms with van der Waals surface area (Å²) in [5.41, 5.74) is 0. The zero-order chi connectivity index (χ0) is 24.5. The van der Waals surface area contributed by atoms with Crippen LogP contribution in [0.5, 0.6) is 51.7 Å². The van der Waals surface area contributed by atoms with Crippen molar-refractivity contribution < 1.29 is 42.0 Å². The molecule has 0 bridgehead atoms. The van der Waals surface area contributed by atoms with Crippen molar-refractivity contribution in [2.24, 2.45) is 0 Å². The smallest absolute Gasteiger partial charge is 0.493 e. The van der Waals surface area contributed by atoms with Crippen LogP contribution in [-0.2, 0) is 0 Å². The molecule has 0 fully saturated rings. The first-order valence-electron chi connectivity index (χ1n) is 10.1. The van der Waals surface area contributed by atoms with Gasteiger partial charge in [0, 0.05) is 0 Å². The van der Waals surface area contributed by atoms with Crippen molar-refractivity contribution in [3.8, 4) is 51.7 Å². The largest absolute Gasteiger partial charge is 0.531 e. The normalized spacial score (nSPS) is 10.3. The van der Waals surface area contributed by atoms with Gasteiger partial charge in [0.2, 0.25) is 17.2 Å². The minimum atomic E-state index is -2.20. The van der Waals surface area contributed by atoms with Crippen molar-refractivity contribution in [2.45, 2.75) is 0 Å². The molecular weight excluding hydrogens is 463 g/mol. The molecule has 0 aliphatic carbocycles. The van der Waals surface area contributed by atoms with E-state index in [0.717, 1.165) is 0 Å². The monoisotopic (exact) mass is 490 g/mol. The van der Waals surface area contributed by atoms with Crippen molar-refractivity contribution in [3.05, 3.63) is 54.6 Å². The average molecular weight is 490 g/mol. The highest BCUT2D eigenvalue weighted by molar-refractivity contribution is 7.43. The Labute approximate surface area is 200 Å². The molecule has 0 aliphatic rings. The van der Waals surface area contributed by atoms with E-state index in [0.29, 0.717) is 51.7 Å². The summed E-state index contributed by atoms with van der Waals surface area (Å²) in [7, 11) is 6.95. The second kappa shape index (κ2) is 12.0. The molecule has 3 rings (SSSR count). The lowest BCUT2D eigenvalue weighted by atomic mass is 10.3. The number of hydrogen-bond acceptors (Lipinski definition) is 9. The third kappa shape index (κ3) is 5.43. The molecule has 0 radical (unpaired) electrons. The van der Waals surface area contributed by atoms with Crippen LogP contribution in [-0.4, -0.2) is 42.7 Å². The first-order chi connectivity index (χ1) is 16.6. The van der Waals surface area contributed by atoms with E-state index in [9.17, 15) is 0 Å². The molecule has 0 saturated heterocycles. The molecule has 0 heterocycles. The van der Waals surface area contributed by atoms with Crippen LogP contribution in [0, 0.1) is 0 Å². The highest BCUT2D eigenvalue weighted by atomic mass is 31.2. The van der Waals surface area contributed by atoms with Crippen LogP contribution in [0.4, 0.5) is 0 Å². The van der Waals surface area contributed by atoms with E-state index in [2.05, 4.69) is 0 Å². The number of ether oxygens (including phenoxy) is 6. The Morgan fingerprint density at radius 1 is 0.382 bits per heavy atom. The van der Waals surface area contributed by atoms with E-state index in [1.807, 2.05) is 0 Å². The summed E-state index contributed by atoms with van der Waals surface area (Å²) in [4.78, 5) is 0. The van der Waals surface area contributed by atoms with Gasteiger partial charge in [0.25, 0.3) is 0 Å². The Kier molecular flexibility index (Phi) is 8.76. The van der Waals surface area contributed by atoms with Gasteiger partial charge in [0.1, 0.15) is 0 Å². The number of hydrogen-bond donors (Lipinski definition) is 0. The van der Waals surface area contributed by atoms with Gasteiger partial charge in [0.05, 0.1) is 42.7 Å². The maximum absolute atomic E-state index is 6.21. The predicted octanol–water partition coefficient (Wildman–Crippen LogP) is 5.50. The van der Waals surface area contributed by atoms with E-state index >= 15 is 0 Å². The molecule has 0 spiro atoms. The van der Waals surface area contributed by atoms with E-state index < -0.39 is 8.60 Å². The number of methoxy groups -OCH3 is 6. The second-order valence-corrected chi connectivity index (χ2v) is 7.47. The molecule has 34 heavy (non-hydrogen) atoms. The van der Waals surface area contributed by atoms with Gasteiger partial charge in [0.15, 0.2) is 34.5 Å². The first kappa shape index (κ1) is 24.9. The third-order valence-electron chi connectivity index (χ3n) is 4.65. The number of rotatable bonds is 12. The van der Waals surface area contributed by atoms with Crippen LogP contribution in [0.25, 0.3) is 0 Å². The summed E-state index contributed by atoms with van der Waals surface area (Å²) in [5, 5.41) is 0. The molecular formula is C24H27O9P. The molecule has 0 saturated carbocycles. The minimum absolute atomic E-state index is 0.293. The molecule has 0 N–H and O–H groups in total. The maximum atomic E-state index is 6.21. The zero-order valence-corrected chi connectivity index (χ0v) is 20.7. The molecule has 0 aromatic heterocycles. The van der Waals surface area contributed by atoms with E-state index in [4.69, 9.17) is 42.0 Å². The molecule has 3 aromatic carbocycles. The lowest BCUT2D eigenvalue weighted by Crippen LogP contribution is -2.07. The quantitative estimate of drug-likeness (QED) is 0.306. The highest BCUT2D eigenvalue weighted by Gasteiger charge is 2.30. The van der Waals surface area contributed by atoms with Gasteiger partial charge in [-0.1, -0.05) is 18.2 Å². The first-order valence-corrected chi connectivity index (χ1v) is 11.2. The van der Waals surface area contributed by atoms with Crippen LogP contribution in [0.15, 0.2) is 54.6 Å². The van der Waals surface area contributed by atoms with Crippen molar-refractivity contribution in [1.29, 1.82) is 0 Å². The third-order valence-corrected chi connectivity index (χ3v) is 5.64. The maximum Gasteiger partial charge on any atom is 0.531 e. The summed E-state index contributed by atoms with van der Waals surface area (Å²) in [5.74, 6) is 3.45. The SMILES string of the molecule is COc1cccc(OC)c1OP(Oc1c(OC)cccc1OC)Oc1c(OC)cccc1OC. The molecule has 0 unspecified atom stereocenters. The fourth-order valence-electron chi connectivity index (χ4n) is 3.00. The molecule has 9 nitrogen and oxygen atoms in total. The number of para-hydroxylation sites is 3. The highest BCUT2D eigenvalue weighted by Crippen LogP contribution is 2.54. The molecule has 182 valence electrons. The van der Waals surface area contributed by atoms with E-state index in [1.54, 1.807) is 54.6 Å². The Morgan fingerprint density at radius 2 is 0.588 bits per heavy atom. The van der Waals surface area contributed by atoms with Crippen LogP contribution >= 0.6 is 8.60 Å². The Bertz CT molecular complexity index is 887. The van der Waals surface area contributed by atoms with Crippen molar-refractivity contribution in [3.63, 3.8) is 0 Å². The van der Waals surface area contributed by atoms with Gasteiger partial charge in [-0.05, 0) is 36.4 Å². The zero-order valence-electron chi connectivity index (χ0n) is 19.8. The fraction of sp³-hybridized carbons (Fsp3) is 0.250. The van der Waals surface area contributed by atoms with E-state index in [-0.39, 0.29) is 0 Å². The lowest BCUT2D eigenvalue weighted by Gasteiger charge is -2.23. The van der Waals surface area contributed by atoms with Crippen LogP contribution in [0.2, 0.25) is 0 Å². The van der Waals surface area contributed by atoms with Gasteiger partial charge < -0.3 is 42.0 Å². The summed E-state index contributed by atoms with van der Waals surface area (Å²) in [6.45, 7) is 0. The summed E-state index contributed by atoms with van der Waals surface area (Å²) in [6.07, 6.45) is 0. The van der Waals surface area contributed by atoms with Gasteiger partial charge in [-0.3, -0.25) is 0 Å². The molecule has 3 aromatic rings. The predicted molar refractivity (Wildman–Crippen MR) is 127 cm³/mol. The van der Waals surface area contributed by atoms with Crippen LogP contribution in [0.3, 0.4) is 0 Å². The van der Waals surface area contributed by atoms with Crippen molar-refractivity contribution in [2.75, 3.05) is 42.7 Å². The Hall–Kier alpha value is -3.71. The molecule has 0 aliphatic heterocycles. The van der Waals surface area contributed by atoms with Gasteiger partial charge in [-0.2, -0.15) is 0 Å². The summed E-state index contributed by atoms with van der Waals surface area (Å²) in [6, 6.07) is 15.7. The minimum Gasteiger partial charge on any atom is -0.493 e. The molecule has 0 atom stereocenters. The van der Waals surface area contributed by atoms with Crippen molar-refractivity contribution >= 4 is 8.60 Å². The van der Waals surface area contributed by atoms with Crippen LogP contribution in [0.1, 0.15) is 0 Å². The fourth-order valence-corrected chi connectivity index (χ4v) is 4.10. The summed E-state index contributed by atoms with van der Waals surface area (Å²) >= 11 is 0. The number of benzene rings is 3. The standard InChI is InChI=1S/C24H27O9P/c1-25-16-10-7-11-17(26-2)22(16)31-34(32-23-18(27-3)12-8-13-19(23)28-4)33-24-20(29-5)14-9-15-21(24)30-6/h7-15H,1-6H3. The van der Waals surface area contributed by atoms with Gasteiger partial charge in [-0.25, -0.2) is 0 Å². The molecule has 10 heteroatoms. The van der Waals surface area contributed by atoms with Crippen LogP contribution < -0.4 is 42.0 Å². The summed E-state index contributed by atoms with van der Waals surface area (Å²) < 4.78 is 51.4. The average Bonchev–Trinajstić information content (AvgIpc) is 2.88. The Balaban J connectivity index is 2.10. The topological polar surface area (TPSA) is 83.1 Å². The molecule has 0 amide bonds. The lowest BCUT2D eigenvalue weighted by molar-refractivity contribution is 0.308. The van der Waals surface area contributed by atoms with E-state index in [1.165, 1.54) is 42.7 Å². The van der Waals surface area contributed by atoms with Crippen molar-refractivity contribution in [1.82, 2.24) is 0 Å². The van der Waals surface area contributed by atoms with Gasteiger partial charge in [-0.15, -0.1) is 0 Å². The second-order valence-electron chi connectivity index (χ2n) is 6.47.